The number of benzene rings is 2. The van der Waals surface area contributed by atoms with Gasteiger partial charge in [0.05, 0.1) is 36.8 Å². The van der Waals surface area contributed by atoms with Crippen molar-refractivity contribution in [1.29, 1.82) is 0 Å². The topological polar surface area (TPSA) is 74.8 Å². The van der Waals surface area contributed by atoms with Crippen LogP contribution in [0.2, 0.25) is 0 Å². The average molecular weight is 421 g/mol. The Morgan fingerprint density at radius 3 is 2.31 bits per heavy atom. The van der Waals surface area contributed by atoms with Crippen LogP contribution in [0.15, 0.2) is 22.7 Å². The molecule has 2 heterocycles. The van der Waals surface area contributed by atoms with E-state index in [9.17, 15) is 0 Å². The quantitative estimate of drug-likeness (QED) is 0.691. The summed E-state index contributed by atoms with van der Waals surface area (Å²) in [7, 11) is 4.72. The van der Waals surface area contributed by atoms with Crippen LogP contribution in [0.4, 0.5) is 0 Å². The lowest BCUT2D eigenvalue weighted by molar-refractivity contribution is 0.172. The molecule has 26 heavy (non-hydrogen) atoms. The van der Waals surface area contributed by atoms with Crippen LogP contribution < -0.4 is 23.7 Å². The van der Waals surface area contributed by atoms with Gasteiger partial charge in [-0.25, -0.2) is 4.98 Å². The van der Waals surface area contributed by atoms with E-state index in [0.717, 1.165) is 16.6 Å². The number of H-pyrrole nitrogens is 1. The molecular weight excluding hydrogens is 404 g/mol. The van der Waals surface area contributed by atoms with Gasteiger partial charge in [0.2, 0.25) is 5.75 Å². The molecule has 0 aliphatic carbocycles. The number of imidazole rings is 1. The maximum absolute atomic E-state index is 5.63. The number of methoxy groups -OCH3 is 3. The minimum Gasteiger partial charge on any atom is -0.493 e. The third-order valence-corrected chi connectivity index (χ3v) is 4.96. The van der Waals surface area contributed by atoms with Gasteiger partial charge in [0.1, 0.15) is 19.0 Å². The summed E-state index contributed by atoms with van der Waals surface area (Å²) in [5, 5.41) is 0. The van der Waals surface area contributed by atoms with Crippen molar-refractivity contribution in [3.8, 4) is 40.1 Å². The molecule has 2 aromatic carbocycles. The second kappa shape index (κ2) is 6.60. The monoisotopic (exact) mass is 420 g/mol. The SMILES string of the molecule is COc1cc(-c2nc3cc4c(cc3[nH]2)OCCO4)c(Br)c(OC)c1OC. The predicted molar refractivity (Wildman–Crippen MR) is 99.9 cm³/mol. The number of nitrogens with one attached hydrogen (secondary N) is 1. The van der Waals surface area contributed by atoms with Gasteiger partial charge in [-0.2, -0.15) is 0 Å². The number of halogens is 1. The zero-order valence-corrected chi connectivity index (χ0v) is 16.1. The van der Waals surface area contributed by atoms with Gasteiger partial charge < -0.3 is 28.7 Å². The number of hydrogen-bond donors (Lipinski definition) is 1. The highest BCUT2D eigenvalue weighted by atomic mass is 79.9. The van der Waals surface area contributed by atoms with Gasteiger partial charge in [0, 0.05) is 17.7 Å². The molecule has 0 fully saturated rings. The standard InChI is InChI=1S/C18H17BrN2O5/c1-22-14-6-9(15(19)17(24-3)16(14)23-2)18-20-10-7-12-13(8-11(10)21-18)26-5-4-25-12/h6-8H,4-5H2,1-3H3,(H,20,21). The van der Waals surface area contributed by atoms with Crippen molar-refractivity contribution in [3.63, 3.8) is 0 Å². The third-order valence-electron chi connectivity index (χ3n) is 4.17. The molecule has 1 aliphatic rings. The van der Waals surface area contributed by atoms with E-state index >= 15 is 0 Å². The normalized spacial score (nSPS) is 12.9. The van der Waals surface area contributed by atoms with Crippen LogP contribution in [0.25, 0.3) is 22.4 Å². The zero-order valence-electron chi connectivity index (χ0n) is 14.5. The van der Waals surface area contributed by atoms with Gasteiger partial charge in [0.15, 0.2) is 23.0 Å². The Labute approximate surface area is 158 Å². The van der Waals surface area contributed by atoms with Crippen LogP contribution in [-0.2, 0) is 0 Å². The number of ether oxygens (including phenoxy) is 5. The van der Waals surface area contributed by atoms with E-state index in [1.54, 1.807) is 21.3 Å². The summed E-state index contributed by atoms with van der Waals surface area (Å²) in [5.41, 5.74) is 2.42. The lowest BCUT2D eigenvalue weighted by Crippen LogP contribution is -2.15. The molecule has 0 unspecified atom stereocenters. The van der Waals surface area contributed by atoms with Crippen molar-refractivity contribution < 1.29 is 23.7 Å². The highest BCUT2D eigenvalue weighted by Gasteiger charge is 2.22. The largest absolute Gasteiger partial charge is 0.493 e. The Bertz CT molecular complexity index is 943. The van der Waals surface area contributed by atoms with Gasteiger partial charge >= 0.3 is 0 Å². The molecule has 8 heteroatoms. The fraction of sp³-hybridized carbons (Fsp3) is 0.278. The highest BCUT2D eigenvalue weighted by molar-refractivity contribution is 9.10. The molecule has 1 N–H and O–H groups in total. The summed E-state index contributed by atoms with van der Waals surface area (Å²) in [6, 6.07) is 5.61. The van der Waals surface area contributed by atoms with Gasteiger partial charge in [-0.15, -0.1) is 0 Å². The summed E-state index contributed by atoms with van der Waals surface area (Å²) < 4.78 is 28.3. The first-order chi connectivity index (χ1) is 12.7. The number of fused-ring (bicyclic) bond motifs is 2. The van der Waals surface area contributed by atoms with Gasteiger partial charge in [-0.3, -0.25) is 0 Å². The second-order valence-corrected chi connectivity index (χ2v) is 6.40. The summed E-state index contributed by atoms with van der Waals surface area (Å²) >= 11 is 3.59. The molecule has 0 saturated carbocycles. The minimum absolute atomic E-state index is 0.513. The highest BCUT2D eigenvalue weighted by Crippen LogP contribution is 2.48. The van der Waals surface area contributed by atoms with E-state index in [1.165, 1.54) is 0 Å². The first kappa shape index (κ1) is 16.8. The Hall–Kier alpha value is -2.61. The van der Waals surface area contributed by atoms with E-state index in [4.69, 9.17) is 23.7 Å². The van der Waals surface area contributed by atoms with Crippen LogP contribution in [0.3, 0.4) is 0 Å². The van der Waals surface area contributed by atoms with Crippen molar-refractivity contribution in [2.75, 3.05) is 34.5 Å². The number of aromatic nitrogens is 2. The first-order valence-corrected chi connectivity index (χ1v) is 8.73. The fourth-order valence-electron chi connectivity index (χ4n) is 2.97. The van der Waals surface area contributed by atoms with Gasteiger partial charge in [0.25, 0.3) is 0 Å². The molecule has 0 atom stereocenters. The Balaban J connectivity index is 1.89. The molecule has 4 rings (SSSR count). The van der Waals surface area contributed by atoms with Crippen molar-refractivity contribution in [1.82, 2.24) is 9.97 Å². The maximum Gasteiger partial charge on any atom is 0.204 e. The molecule has 1 aliphatic heterocycles. The van der Waals surface area contributed by atoms with Crippen molar-refractivity contribution in [2.24, 2.45) is 0 Å². The van der Waals surface area contributed by atoms with Crippen LogP contribution in [0.5, 0.6) is 28.7 Å². The average Bonchev–Trinajstić information content (AvgIpc) is 3.07. The first-order valence-electron chi connectivity index (χ1n) is 7.94. The van der Waals surface area contributed by atoms with Crippen LogP contribution in [0.1, 0.15) is 0 Å². The van der Waals surface area contributed by atoms with Crippen LogP contribution in [0, 0.1) is 0 Å². The molecule has 0 saturated heterocycles. The number of rotatable bonds is 4. The molecule has 3 aromatic rings. The van der Waals surface area contributed by atoms with E-state index in [1.807, 2.05) is 18.2 Å². The van der Waals surface area contributed by atoms with Crippen molar-refractivity contribution in [2.45, 2.75) is 0 Å². The zero-order chi connectivity index (χ0) is 18.3. The Morgan fingerprint density at radius 2 is 1.65 bits per heavy atom. The second-order valence-electron chi connectivity index (χ2n) is 5.61. The summed E-state index contributed by atoms with van der Waals surface area (Å²) in [6.07, 6.45) is 0. The van der Waals surface area contributed by atoms with E-state index in [2.05, 4.69) is 25.9 Å². The molecule has 0 amide bonds. The van der Waals surface area contributed by atoms with E-state index < -0.39 is 0 Å². The molecule has 7 nitrogen and oxygen atoms in total. The molecule has 1 aromatic heterocycles. The number of hydrogen-bond acceptors (Lipinski definition) is 6. The Kier molecular flexibility index (Phi) is 4.28. The summed E-state index contributed by atoms with van der Waals surface area (Å²) in [4.78, 5) is 8.00. The van der Waals surface area contributed by atoms with Crippen molar-refractivity contribution in [3.05, 3.63) is 22.7 Å². The van der Waals surface area contributed by atoms with Crippen LogP contribution in [-0.4, -0.2) is 44.5 Å². The van der Waals surface area contributed by atoms with Gasteiger partial charge in [-0.1, -0.05) is 0 Å². The smallest absolute Gasteiger partial charge is 0.204 e. The van der Waals surface area contributed by atoms with E-state index in [0.29, 0.717) is 52.3 Å². The van der Waals surface area contributed by atoms with Gasteiger partial charge in [-0.05, 0) is 22.0 Å². The number of nitrogens with zero attached hydrogens (tertiary/aromatic N) is 1. The van der Waals surface area contributed by atoms with Crippen molar-refractivity contribution >= 4 is 27.0 Å². The summed E-state index contributed by atoms with van der Waals surface area (Å²) in [5.74, 6) is 3.67. The predicted octanol–water partition coefficient (Wildman–Crippen LogP) is 3.79. The van der Waals surface area contributed by atoms with E-state index in [-0.39, 0.29) is 0 Å². The van der Waals surface area contributed by atoms with Crippen LogP contribution >= 0.6 is 15.9 Å². The molecule has 136 valence electrons. The molecule has 0 spiro atoms. The lowest BCUT2D eigenvalue weighted by Gasteiger charge is -2.17. The fourth-order valence-corrected chi connectivity index (χ4v) is 3.61. The lowest BCUT2D eigenvalue weighted by atomic mass is 10.1. The minimum atomic E-state index is 0.513. The third kappa shape index (κ3) is 2.61. The molecular formula is C18H17BrN2O5. The molecule has 0 bridgehead atoms. The summed E-state index contributed by atoms with van der Waals surface area (Å²) in [6.45, 7) is 1.08. The molecule has 0 radical (unpaired) electrons. The number of aromatic amines is 1. The Morgan fingerprint density at radius 1 is 0.962 bits per heavy atom. The maximum atomic E-state index is 5.63.